The quantitative estimate of drug-likeness (QED) is 0.193. The van der Waals surface area contributed by atoms with Crippen molar-refractivity contribution in [2.24, 2.45) is 0 Å². The van der Waals surface area contributed by atoms with E-state index in [9.17, 15) is 15.8 Å². The first-order valence-electron chi connectivity index (χ1n) is 16.3. The summed E-state index contributed by atoms with van der Waals surface area (Å²) in [5.41, 5.74) is 11.5. The second-order valence-corrected chi connectivity index (χ2v) is 12.3. The number of benzene rings is 7. The first-order valence-corrected chi connectivity index (χ1v) is 16.3. The fraction of sp³-hybridized carbons (Fsp3) is 0. The first kappa shape index (κ1) is 28.8. The van der Waals surface area contributed by atoms with Crippen LogP contribution in [-0.2, 0) is 0 Å². The van der Waals surface area contributed by atoms with Crippen molar-refractivity contribution in [3.8, 4) is 51.8 Å². The Morgan fingerprint density at radius 3 is 1.54 bits per heavy atom. The molecule has 7 aromatic carbocycles. The Balaban J connectivity index is 1.30. The molecule has 0 saturated carbocycles. The molecule has 2 heterocycles. The summed E-state index contributed by atoms with van der Waals surface area (Å²) < 4.78 is 4.47. The number of fused-ring (bicyclic) bond motifs is 6. The van der Waals surface area contributed by atoms with Crippen LogP contribution in [0.3, 0.4) is 0 Å². The van der Waals surface area contributed by atoms with Crippen LogP contribution in [0, 0.1) is 34.0 Å². The van der Waals surface area contributed by atoms with Gasteiger partial charge in [-0.05, 0) is 89.5 Å². The summed E-state index contributed by atoms with van der Waals surface area (Å²) in [6.45, 7) is 0. The normalized spacial score (nSPS) is 11.1. The Morgan fingerprint density at radius 1 is 0.360 bits per heavy atom. The second-order valence-electron chi connectivity index (χ2n) is 12.3. The van der Waals surface area contributed by atoms with E-state index in [2.05, 4.69) is 88.0 Å². The van der Waals surface area contributed by atoms with Crippen LogP contribution in [0.2, 0.25) is 0 Å². The molecule has 0 spiro atoms. The zero-order valence-electron chi connectivity index (χ0n) is 26.7. The van der Waals surface area contributed by atoms with E-state index < -0.39 is 0 Å². The van der Waals surface area contributed by atoms with Gasteiger partial charge in [0, 0.05) is 32.8 Å². The Hall–Kier alpha value is -7.39. The highest BCUT2D eigenvalue weighted by atomic mass is 15.0. The van der Waals surface area contributed by atoms with Crippen molar-refractivity contribution in [3.63, 3.8) is 0 Å². The monoisotopic (exact) mass is 635 g/mol. The fourth-order valence-electron chi connectivity index (χ4n) is 7.42. The zero-order valence-corrected chi connectivity index (χ0v) is 26.7. The molecule has 0 radical (unpaired) electrons. The van der Waals surface area contributed by atoms with Crippen LogP contribution in [-0.4, -0.2) is 9.13 Å². The average molecular weight is 636 g/mol. The highest BCUT2D eigenvalue weighted by Gasteiger charge is 2.20. The summed E-state index contributed by atoms with van der Waals surface area (Å²) in [4.78, 5) is 0. The van der Waals surface area contributed by atoms with Crippen LogP contribution in [0.25, 0.3) is 77.2 Å². The molecule has 5 heteroatoms. The largest absolute Gasteiger partial charge is 0.309 e. The van der Waals surface area contributed by atoms with Gasteiger partial charge >= 0.3 is 0 Å². The highest BCUT2D eigenvalue weighted by Crippen LogP contribution is 2.41. The molecule has 0 atom stereocenters. The molecule has 0 N–H and O–H groups in total. The Kier molecular flexibility index (Phi) is 6.56. The van der Waals surface area contributed by atoms with Gasteiger partial charge in [-0.1, -0.05) is 78.9 Å². The standard InChI is InChI=1S/C45H25N5/c46-26-29-16-19-34(32-8-7-9-33(25-32)49-41-13-4-3-12-37(41)40-23-30(27-47)18-21-44(40)49)39(22-29)38-20-17-31(28-48)24-45(38)50-42-14-5-1-10-35(42)36-11-2-6-15-43(36)50/h1-25H. The molecular weight excluding hydrogens is 611 g/mol. The molecule has 0 bridgehead atoms. The maximum absolute atomic E-state index is 10.1. The van der Waals surface area contributed by atoms with Crippen molar-refractivity contribution < 1.29 is 0 Å². The molecule has 0 aliphatic rings. The first-order chi connectivity index (χ1) is 24.7. The molecule has 0 aliphatic carbocycles. The fourth-order valence-corrected chi connectivity index (χ4v) is 7.42. The van der Waals surface area contributed by atoms with E-state index in [0.717, 1.165) is 77.2 Å². The lowest BCUT2D eigenvalue weighted by molar-refractivity contribution is 1.18. The van der Waals surface area contributed by atoms with E-state index in [0.29, 0.717) is 16.7 Å². The van der Waals surface area contributed by atoms with Gasteiger partial charge in [-0.15, -0.1) is 0 Å². The predicted molar refractivity (Wildman–Crippen MR) is 200 cm³/mol. The molecular formula is C45H25N5. The van der Waals surface area contributed by atoms with Gasteiger partial charge in [0.15, 0.2) is 0 Å². The van der Waals surface area contributed by atoms with E-state index in [1.807, 2.05) is 91.0 Å². The number of aromatic nitrogens is 2. The molecule has 0 saturated heterocycles. The molecule has 0 fully saturated rings. The average Bonchev–Trinajstić information content (AvgIpc) is 3.70. The van der Waals surface area contributed by atoms with Crippen molar-refractivity contribution in [1.82, 2.24) is 9.13 Å². The van der Waals surface area contributed by atoms with Gasteiger partial charge < -0.3 is 9.13 Å². The Bertz CT molecular complexity index is 2920. The van der Waals surface area contributed by atoms with E-state index >= 15 is 0 Å². The molecule has 0 aliphatic heterocycles. The summed E-state index contributed by atoms with van der Waals surface area (Å²) in [5.74, 6) is 0. The maximum atomic E-state index is 10.1. The Morgan fingerprint density at radius 2 is 0.880 bits per heavy atom. The van der Waals surface area contributed by atoms with E-state index in [1.54, 1.807) is 0 Å². The molecule has 9 rings (SSSR count). The van der Waals surface area contributed by atoms with Crippen LogP contribution in [0.4, 0.5) is 0 Å². The van der Waals surface area contributed by atoms with Gasteiger partial charge in [-0.25, -0.2) is 0 Å². The lowest BCUT2D eigenvalue weighted by atomic mass is 9.91. The van der Waals surface area contributed by atoms with E-state index in [1.165, 1.54) is 0 Å². The van der Waals surface area contributed by atoms with Crippen LogP contribution in [0.15, 0.2) is 152 Å². The van der Waals surface area contributed by atoms with Crippen molar-refractivity contribution in [3.05, 3.63) is 168 Å². The topological polar surface area (TPSA) is 81.2 Å². The molecule has 0 unspecified atom stereocenters. The summed E-state index contributed by atoms with van der Waals surface area (Å²) >= 11 is 0. The Labute approximate surface area is 287 Å². The summed E-state index contributed by atoms with van der Waals surface area (Å²) in [6.07, 6.45) is 0. The van der Waals surface area contributed by atoms with Crippen LogP contribution < -0.4 is 0 Å². The van der Waals surface area contributed by atoms with Gasteiger partial charge in [0.25, 0.3) is 0 Å². The number of nitriles is 3. The summed E-state index contributed by atoms with van der Waals surface area (Å²) in [5, 5.41) is 34.1. The van der Waals surface area contributed by atoms with Crippen molar-refractivity contribution in [2.75, 3.05) is 0 Å². The summed E-state index contributed by atoms with van der Waals surface area (Å²) in [7, 11) is 0. The number of hydrogen-bond acceptors (Lipinski definition) is 3. The highest BCUT2D eigenvalue weighted by molar-refractivity contribution is 6.11. The SMILES string of the molecule is N#Cc1ccc(-c2cccc(-n3c4ccccc4c4cc(C#N)ccc43)c2)c(-c2ccc(C#N)cc2-n2c3ccccc3c3ccccc32)c1. The lowest BCUT2D eigenvalue weighted by Crippen LogP contribution is -2.00. The van der Waals surface area contributed by atoms with Gasteiger partial charge in [0.1, 0.15) is 0 Å². The maximum Gasteiger partial charge on any atom is 0.0992 e. The van der Waals surface area contributed by atoms with Crippen molar-refractivity contribution >= 4 is 43.6 Å². The second kappa shape index (κ2) is 11.4. The molecule has 0 amide bonds. The van der Waals surface area contributed by atoms with Gasteiger partial charge in [0.05, 0.1) is 62.7 Å². The minimum Gasteiger partial charge on any atom is -0.309 e. The van der Waals surface area contributed by atoms with Gasteiger partial charge in [0.2, 0.25) is 0 Å². The predicted octanol–water partition coefficient (Wildman–Crippen LogP) is 10.8. The van der Waals surface area contributed by atoms with E-state index in [4.69, 9.17) is 0 Å². The van der Waals surface area contributed by atoms with E-state index in [-0.39, 0.29) is 0 Å². The third-order valence-corrected chi connectivity index (χ3v) is 9.60. The molecule has 230 valence electrons. The minimum absolute atomic E-state index is 0.549. The van der Waals surface area contributed by atoms with Gasteiger partial charge in [-0.2, -0.15) is 15.8 Å². The molecule has 5 nitrogen and oxygen atoms in total. The zero-order chi connectivity index (χ0) is 33.8. The molecule has 9 aromatic rings. The van der Waals surface area contributed by atoms with Gasteiger partial charge in [-0.3, -0.25) is 0 Å². The van der Waals surface area contributed by atoms with Crippen molar-refractivity contribution in [1.29, 1.82) is 15.8 Å². The smallest absolute Gasteiger partial charge is 0.0992 e. The van der Waals surface area contributed by atoms with Crippen molar-refractivity contribution in [2.45, 2.75) is 0 Å². The number of nitrogens with zero attached hydrogens (tertiary/aromatic N) is 5. The minimum atomic E-state index is 0.549. The lowest BCUT2D eigenvalue weighted by Gasteiger charge is -2.18. The number of rotatable bonds is 4. The number of hydrogen-bond donors (Lipinski definition) is 0. The third-order valence-electron chi connectivity index (χ3n) is 9.60. The van der Waals surface area contributed by atoms with Crippen LogP contribution in [0.5, 0.6) is 0 Å². The summed E-state index contributed by atoms with van der Waals surface area (Å²) in [6, 6.07) is 57.8. The molecule has 50 heavy (non-hydrogen) atoms. The van der Waals surface area contributed by atoms with Crippen LogP contribution in [0.1, 0.15) is 16.7 Å². The third kappa shape index (κ3) is 4.38. The number of para-hydroxylation sites is 3. The van der Waals surface area contributed by atoms with Crippen LogP contribution >= 0.6 is 0 Å². The molecule has 2 aromatic heterocycles.